The lowest BCUT2D eigenvalue weighted by Gasteiger charge is -2.31. The van der Waals surface area contributed by atoms with Crippen LogP contribution in [0, 0.1) is 5.92 Å². The highest BCUT2D eigenvalue weighted by molar-refractivity contribution is 5.92. The number of piperidine rings is 1. The molecule has 0 bridgehead atoms. The van der Waals surface area contributed by atoms with Gasteiger partial charge in [0, 0.05) is 31.5 Å². The molecule has 7 nitrogen and oxygen atoms in total. The average Bonchev–Trinajstić information content (AvgIpc) is 3.28. The van der Waals surface area contributed by atoms with E-state index in [0.29, 0.717) is 17.7 Å². The summed E-state index contributed by atoms with van der Waals surface area (Å²) in [7, 11) is 0. The lowest BCUT2D eigenvalue weighted by molar-refractivity contribution is -0.127. The molecule has 2 fully saturated rings. The summed E-state index contributed by atoms with van der Waals surface area (Å²) in [4.78, 5) is 19.1. The largest absolute Gasteiger partial charge is 0.454 e. The van der Waals surface area contributed by atoms with Crippen molar-refractivity contribution in [2.45, 2.75) is 38.0 Å². The summed E-state index contributed by atoms with van der Waals surface area (Å²) in [6.45, 7) is 1.77. The van der Waals surface area contributed by atoms with E-state index in [0.717, 1.165) is 55.2 Å². The van der Waals surface area contributed by atoms with Crippen LogP contribution in [-0.4, -0.2) is 40.8 Å². The summed E-state index contributed by atoms with van der Waals surface area (Å²) in [5, 5.41) is 4.09. The van der Waals surface area contributed by atoms with Gasteiger partial charge in [-0.05, 0) is 55.4 Å². The molecule has 28 heavy (non-hydrogen) atoms. The zero-order valence-electron chi connectivity index (χ0n) is 15.7. The molecule has 2 aliphatic heterocycles. The van der Waals surface area contributed by atoms with Crippen LogP contribution in [-0.2, 0) is 11.2 Å². The molecule has 7 heteroatoms. The summed E-state index contributed by atoms with van der Waals surface area (Å²) in [5.41, 5.74) is 0.921. The number of amides is 1. The van der Waals surface area contributed by atoms with Crippen molar-refractivity contribution >= 4 is 12.0 Å². The maximum Gasteiger partial charge on any atom is 0.246 e. The van der Waals surface area contributed by atoms with Crippen LogP contribution in [0.1, 0.15) is 48.9 Å². The van der Waals surface area contributed by atoms with Crippen molar-refractivity contribution in [3.05, 3.63) is 41.6 Å². The Balaban J connectivity index is 1.18. The van der Waals surface area contributed by atoms with E-state index in [1.165, 1.54) is 12.8 Å². The highest BCUT2D eigenvalue weighted by Crippen LogP contribution is 2.38. The minimum atomic E-state index is 0.0339. The number of hydrogen-bond acceptors (Lipinski definition) is 6. The van der Waals surface area contributed by atoms with Crippen molar-refractivity contribution in [1.82, 2.24) is 15.0 Å². The van der Waals surface area contributed by atoms with Gasteiger partial charge in [-0.1, -0.05) is 11.2 Å². The lowest BCUT2D eigenvalue weighted by Crippen LogP contribution is -2.39. The van der Waals surface area contributed by atoms with E-state index >= 15 is 0 Å². The molecule has 1 saturated heterocycles. The summed E-state index contributed by atoms with van der Waals surface area (Å²) >= 11 is 0. The third-order valence-corrected chi connectivity index (χ3v) is 5.54. The quantitative estimate of drug-likeness (QED) is 0.741. The van der Waals surface area contributed by atoms with Gasteiger partial charge in [0.1, 0.15) is 0 Å². The monoisotopic (exact) mass is 381 g/mol. The average molecular weight is 381 g/mol. The van der Waals surface area contributed by atoms with Gasteiger partial charge in [0.05, 0.1) is 0 Å². The number of carbonyl (C=O) groups excluding carboxylic acids is 1. The van der Waals surface area contributed by atoms with E-state index in [4.69, 9.17) is 14.0 Å². The molecular formula is C21H23N3O4. The topological polar surface area (TPSA) is 77.7 Å². The van der Waals surface area contributed by atoms with Gasteiger partial charge < -0.3 is 18.9 Å². The molecule has 1 saturated carbocycles. The van der Waals surface area contributed by atoms with Gasteiger partial charge in [0.25, 0.3) is 0 Å². The van der Waals surface area contributed by atoms with Crippen LogP contribution < -0.4 is 9.47 Å². The summed E-state index contributed by atoms with van der Waals surface area (Å²) in [5.74, 6) is 3.92. The number of hydrogen-bond donors (Lipinski definition) is 0. The van der Waals surface area contributed by atoms with Gasteiger partial charge in [-0.15, -0.1) is 0 Å². The number of benzene rings is 1. The van der Waals surface area contributed by atoms with Gasteiger partial charge >= 0.3 is 0 Å². The van der Waals surface area contributed by atoms with Gasteiger partial charge in [-0.2, -0.15) is 4.98 Å². The molecule has 1 unspecified atom stereocenters. The second-order valence-electron chi connectivity index (χ2n) is 7.76. The van der Waals surface area contributed by atoms with Crippen molar-refractivity contribution in [3.8, 4) is 11.5 Å². The van der Waals surface area contributed by atoms with E-state index in [1.807, 2.05) is 29.2 Å². The van der Waals surface area contributed by atoms with Crippen LogP contribution in [0.25, 0.3) is 6.08 Å². The second-order valence-corrected chi connectivity index (χ2v) is 7.76. The first-order valence-electron chi connectivity index (χ1n) is 9.94. The zero-order valence-corrected chi connectivity index (χ0v) is 15.7. The van der Waals surface area contributed by atoms with Crippen LogP contribution >= 0.6 is 0 Å². The third-order valence-electron chi connectivity index (χ3n) is 5.54. The van der Waals surface area contributed by atoms with Crippen molar-refractivity contribution in [2.24, 2.45) is 5.92 Å². The maximum absolute atomic E-state index is 12.6. The number of fused-ring (bicyclic) bond motifs is 1. The van der Waals surface area contributed by atoms with Crippen LogP contribution in [0.3, 0.4) is 0 Å². The molecule has 2 aromatic rings. The molecule has 0 radical (unpaired) electrons. The van der Waals surface area contributed by atoms with E-state index in [9.17, 15) is 4.79 Å². The van der Waals surface area contributed by atoms with Gasteiger partial charge in [-0.3, -0.25) is 4.79 Å². The zero-order chi connectivity index (χ0) is 18.9. The third kappa shape index (κ3) is 3.74. The molecule has 0 spiro atoms. The number of aromatic nitrogens is 2. The van der Waals surface area contributed by atoms with E-state index in [2.05, 4.69) is 10.1 Å². The standard InChI is InChI=1S/C21H23N3O4/c25-20(8-4-14-3-7-17-18(10-14)27-13-26-17)24-9-1-2-15(12-24)11-19-22-21(23-28-19)16-5-6-16/h3-4,7-8,10,15-16H,1-2,5-6,9,11-13H2. The van der Waals surface area contributed by atoms with Gasteiger partial charge in [-0.25, -0.2) is 0 Å². The fraction of sp³-hybridized carbons (Fsp3) is 0.476. The van der Waals surface area contributed by atoms with Gasteiger partial charge in [0.15, 0.2) is 17.3 Å². The highest BCUT2D eigenvalue weighted by Gasteiger charge is 2.30. The molecule has 1 aliphatic carbocycles. The highest BCUT2D eigenvalue weighted by atomic mass is 16.7. The SMILES string of the molecule is O=C(C=Cc1ccc2c(c1)OCO2)N1CCCC(Cc2nc(C3CC3)no2)C1. The number of nitrogens with zero attached hydrogens (tertiary/aromatic N) is 3. The first kappa shape index (κ1) is 17.3. The summed E-state index contributed by atoms with van der Waals surface area (Å²) in [6.07, 6.45) is 8.62. The number of rotatable bonds is 5. The Labute approximate surface area is 163 Å². The van der Waals surface area contributed by atoms with E-state index < -0.39 is 0 Å². The molecule has 146 valence electrons. The van der Waals surface area contributed by atoms with Crippen molar-refractivity contribution < 1.29 is 18.8 Å². The first-order chi connectivity index (χ1) is 13.7. The maximum atomic E-state index is 12.6. The Morgan fingerprint density at radius 1 is 1.21 bits per heavy atom. The molecule has 3 aliphatic rings. The van der Waals surface area contributed by atoms with Crippen LogP contribution in [0.5, 0.6) is 11.5 Å². The second kappa shape index (κ2) is 7.30. The Kier molecular flexibility index (Phi) is 4.50. The normalized spacial score (nSPS) is 21.4. The Hall–Kier alpha value is -2.83. The minimum Gasteiger partial charge on any atom is -0.454 e. The Morgan fingerprint density at radius 3 is 3.00 bits per heavy atom. The molecule has 1 amide bonds. The molecule has 5 rings (SSSR count). The fourth-order valence-corrected chi connectivity index (χ4v) is 3.83. The fourth-order valence-electron chi connectivity index (χ4n) is 3.83. The van der Waals surface area contributed by atoms with Gasteiger partial charge in [0.2, 0.25) is 18.6 Å². The molecule has 1 aromatic carbocycles. The van der Waals surface area contributed by atoms with Crippen LogP contribution in [0.4, 0.5) is 0 Å². The van der Waals surface area contributed by atoms with Crippen LogP contribution in [0.15, 0.2) is 28.8 Å². The molecular weight excluding hydrogens is 358 g/mol. The summed E-state index contributed by atoms with van der Waals surface area (Å²) < 4.78 is 16.1. The minimum absolute atomic E-state index is 0.0339. The van der Waals surface area contributed by atoms with Crippen molar-refractivity contribution in [3.63, 3.8) is 0 Å². The predicted octanol–water partition coefficient (Wildman–Crippen LogP) is 3.17. The molecule has 3 heterocycles. The number of carbonyl (C=O) groups is 1. The number of ether oxygens (including phenoxy) is 2. The Bertz CT molecular complexity index is 903. The molecule has 1 aromatic heterocycles. The first-order valence-corrected chi connectivity index (χ1v) is 9.94. The van der Waals surface area contributed by atoms with Crippen LogP contribution in [0.2, 0.25) is 0 Å². The molecule has 1 atom stereocenters. The summed E-state index contributed by atoms with van der Waals surface area (Å²) in [6, 6.07) is 5.67. The van der Waals surface area contributed by atoms with Crippen molar-refractivity contribution in [2.75, 3.05) is 19.9 Å². The predicted molar refractivity (Wildman–Crippen MR) is 101 cm³/mol. The Morgan fingerprint density at radius 2 is 2.11 bits per heavy atom. The van der Waals surface area contributed by atoms with E-state index in [-0.39, 0.29) is 12.7 Å². The van der Waals surface area contributed by atoms with Crippen molar-refractivity contribution in [1.29, 1.82) is 0 Å². The lowest BCUT2D eigenvalue weighted by atomic mass is 9.94. The van der Waals surface area contributed by atoms with E-state index in [1.54, 1.807) is 6.08 Å². The molecule has 0 N–H and O–H groups in total. The smallest absolute Gasteiger partial charge is 0.246 e. The number of likely N-dealkylation sites (tertiary alicyclic amines) is 1.